The van der Waals surface area contributed by atoms with Crippen molar-refractivity contribution in [2.75, 3.05) is 32.7 Å². The second kappa shape index (κ2) is 11.6. The van der Waals surface area contributed by atoms with Gasteiger partial charge in [-0.3, -0.25) is 19.7 Å². The minimum atomic E-state index is -0.715. The van der Waals surface area contributed by atoms with Crippen molar-refractivity contribution in [1.82, 2.24) is 10.3 Å². The Morgan fingerprint density at radius 2 is 1.79 bits per heavy atom. The van der Waals surface area contributed by atoms with Gasteiger partial charge in [0, 0.05) is 10.9 Å². The first kappa shape index (κ1) is 23.7. The van der Waals surface area contributed by atoms with E-state index in [4.69, 9.17) is 14.2 Å². The van der Waals surface area contributed by atoms with Gasteiger partial charge in [-0.2, -0.15) is 0 Å². The van der Waals surface area contributed by atoms with Crippen molar-refractivity contribution in [3.8, 4) is 22.8 Å². The first-order valence-corrected chi connectivity index (χ1v) is 10.8. The highest BCUT2D eigenvalue weighted by Crippen LogP contribution is 2.34. The van der Waals surface area contributed by atoms with Gasteiger partial charge >= 0.3 is 5.97 Å². The third kappa shape index (κ3) is 7.04. The Bertz CT molecular complexity index is 1120. The number of anilines is 1. The predicted octanol–water partition coefficient (Wildman–Crippen LogP) is 2.67. The summed E-state index contributed by atoms with van der Waals surface area (Å²) in [6.07, 6.45) is 0.152. The van der Waals surface area contributed by atoms with E-state index in [2.05, 4.69) is 15.6 Å². The summed E-state index contributed by atoms with van der Waals surface area (Å²) in [6, 6.07) is 14.5. The number of rotatable bonds is 10. The van der Waals surface area contributed by atoms with E-state index in [-0.39, 0.29) is 18.9 Å². The second-order valence-electron chi connectivity index (χ2n) is 6.75. The molecule has 0 aliphatic rings. The number of methoxy groups -OCH3 is 2. The molecule has 2 N–H and O–H groups in total. The summed E-state index contributed by atoms with van der Waals surface area (Å²) in [7, 11) is 3.12. The van der Waals surface area contributed by atoms with Crippen LogP contribution in [0.4, 0.5) is 5.13 Å². The van der Waals surface area contributed by atoms with Gasteiger partial charge in [0.25, 0.3) is 5.91 Å². The molecule has 0 atom stereocenters. The highest BCUT2D eigenvalue weighted by atomic mass is 32.1. The molecule has 0 saturated carbocycles. The van der Waals surface area contributed by atoms with Crippen molar-refractivity contribution in [2.45, 2.75) is 6.42 Å². The number of nitrogens with one attached hydrogen (secondary N) is 2. The molecule has 0 fully saturated rings. The van der Waals surface area contributed by atoms with Crippen LogP contribution in [0, 0.1) is 0 Å². The summed E-state index contributed by atoms with van der Waals surface area (Å²) in [6.45, 7) is -0.819. The van der Waals surface area contributed by atoms with Gasteiger partial charge in [0.05, 0.1) is 26.3 Å². The zero-order chi connectivity index (χ0) is 23.6. The summed E-state index contributed by atoms with van der Waals surface area (Å²) in [5.74, 6) is -0.315. The standard InChI is InChI=1S/C23H23N3O6S/c1-30-16-8-9-19(31-2)17(11-16)18-14-33-23(25-18)26-21(28)13-32-22(29)12-24-20(27)10-15-6-4-3-5-7-15/h3-9,11,14H,10,12-13H2,1-2H3,(H,24,27)(H,25,26,28). The summed E-state index contributed by atoms with van der Waals surface area (Å²) < 4.78 is 15.5. The minimum absolute atomic E-state index is 0.152. The maximum Gasteiger partial charge on any atom is 0.325 e. The van der Waals surface area contributed by atoms with Crippen molar-refractivity contribution in [3.63, 3.8) is 0 Å². The normalized spacial score (nSPS) is 10.2. The predicted molar refractivity (Wildman–Crippen MR) is 123 cm³/mol. The van der Waals surface area contributed by atoms with Gasteiger partial charge in [-0.25, -0.2) is 4.98 Å². The lowest BCUT2D eigenvalue weighted by Gasteiger charge is -2.08. The summed E-state index contributed by atoms with van der Waals surface area (Å²) in [5.41, 5.74) is 2.15. The Balaban J connectivity index is 1.45. The third-order valence-corrected chi connectivity index (χ3v) is 5.19. The SMILES string of the molecule is COc1ccc(OC)c(-c2csc(NC(=O)COC(=O)CNC(=O)Cc3ccccc3)n2)c1. The van der Waals surface area contributed by atoms with E-state index in [0.29, 0.717) is 27.9 Å². The van der Waals surface area contributed by atoms with E-state index in [1.54, 1.807) is 37.8 Å². The van der Waals surface area contributed by atoms with Crippen LogP contribution in [0.1, 0.15) is 5.56 Å². The average molecular weight is 470 g/mol. The van der Waals surface area contributed by atoms with Crippen molar-refractivity contribution in [3.05, 3.63) is 59.5 Å². The lowest BCUT2D eigenvalue weighted by Crippen LogP contribution is -2.33. The van der Waals surface area contributed by atoms with Gasteiger partial charge in [-0.05, 0) is 23.8 Å². The van der Waals surface area contributed by atoms with Crippen LogP contribution >= 0.6 is 11.3 Å². The van der Waals surface area contributed by atoms with Crippen LogP contribution in [-0.4, -0.2) is 50.1 Å². The number of hydrogen-bond acceptors (Lipinski definition) is 8. The lowest BCUT2D eigenvalue weighted by atomic mass is 10.1. The Kier molecular flexibility index (Phi) is 8.36. The third-order valence-electron chi connectivity index (χ3n) is 4.43. The zero-order valence-electron chi connectivity index (χ0n) is 18.1. The minimum Gasteiger partial charge on any atom is -0.497 e. The highest BCUT2D eigenvalue weighted by Gasteiger charge is 2.14. The number of benzene rings is 2. The van der Waals surface area contributed by atoms with Gasteiger partial charge in [-0.15, -0.1) is 11.3 Å². The van der Waals surface area contributed by atoms with E-state index < -0.39 is 18.5 Å². The molecule has 172 valence electrons. The summed E-state index contributed by atoms with van der Waals surface area (Å²) >= 11 is 1.22. The Hall–Kier alpha value is -3.92. The first-order chi connectivity index (χ1) is 16.0. The molecular weight excluding hydrogens is 446 g/mol. The summed E-state index contributed by atoms with van der Waals surface area (Å²) in [4.78, 5) is 40.2. The van der Waals surface area contributed by atoms with Gasteiger partial charge in [0.2, 0.25) is 5.91 Å². The molecule has 1 heterocycles. The molecule has 0 radical (unpaired) electrons. The smallest absolute Gasteiger partial charge is 0.325 e. The fourth-order valence-electron chi connectivity index (χ4n) is 2.84. The number of nitrogens with zero attached hydrogens (tertiary/aromatic N) is 1. The molecule has 0 unspecified atom stereocenters. The first-order valence-electron chi connectivity index (χ1n) is 9.92. The number of carbonyl (C=O) groups excluding carboxylic acids is 3. The largest absolute Gasteiger partial charge is 0.497 e. The van der Waals surface area contributed by atoms with Crippen LogP contribution in [0.15, 0.2) is 53.9 Å². The molecule has 3 rings (SSSR count). The highest BCUT2D eigenvalue weighted by molar-refractivity contribution is 7.14. The number of thiazole rings is 1. The topological polar surface area (TPSA) is 116 Å². The van der Waals surface area contributed by atoms with Crippen LogP contribution < -0.4 is 20.1 Å². The zero-order valence-corrected chi connectivity index (χ0v) is 18.9. The van der Waals surface area contributed by atoms with Crippen molar-refractivity contribution < 1.29 is 28.6 Å². The monoisotopic (exact) mass is 469 g/mol. The number of ether oxygens (including phenoxy) is 3. The molecule has 3 aromatic rings. The van der Waals surface area contributed by atoms with Gasteiger partial charge in [0.1, 0.15) is 18.0 Å². The Labute approximate surface area is 194 Å². The molecular formula is C23H23N3O6S. The van der Waals surface area contributed by atoms with Crippen LogP contribution in [-0.2, 0) is 25.5 Å². The van der Waals surface area contributed by atoms with Crippen molar-refractivity contribution in [1.29, 1.82) is 0 Å². The fraction of sp³-hybridized carbons (Fsp3) is 0.217. The molecule has 33 heavy (non-hydrogen) atoms. The van der Waals surface area contributed by atoms with E-state index in [9.17, 15) is 14.4 Å². The van der Waals surface area contributed by atoms with Gasteiger partial charge < -0.3 is 19.5 Å². The fourth-order valence-corrected chi connectivity index (χ4v) is 3.56. The molecule has 0 aliphatic heterocycles. The number of hydrogen-bond donors (Lipinski definition) is 2. The number of esters is 1. The molecule has 0 aliphatic carbocycles. The maximum atomic E-state index is 12.1. The van der Waals surface area contributed by atoms with Gasteiger partial charge in [-0.1, -0.05) is 30.3 Å². The molecule has 9 nitrogen and oxygen atoms in total. The Morgan fingerprint density at radius 1 is 1.00 bits per heavy atom. The van der Waals surface area contributed by atoms with E-state index in [1.807, 2.05) is 30.3 Å². The van der Waals surface area contributed by atoms with Gasteiger partial charge in [0.15, 0.2) is 11.7 Å². The van der Waals surface area contributed by atoms with Crippen LogP contribution in [0.25, 0.3) is 11.3 Å². The van der Waals surface area contributed by atoms with E-state index in [1.165, 1.54) is 11.3 Å². The molecule has 2 amide bonds. The van der Waals surface area contributed by atoms with E-state index >= 15 is 0 Å². The molecule has 0 bridgehead atoms. The Morgan fingerprint density at radius 3 is 2.52 bits per heavy atom. The van der Waals surface area contributed by atoms with E-state index in [0.717, 1.165) is 5.56 Å². The molecule has 10 heteroatoms. The molecule has 0 saturated heterocycles. The van der Waals surface area contributed by atoms with Crippen LogP contribution in [0.2, 0.25) is 0 Å². The number of aromatic nitrogens is 1. The van der Waals surface area contributed by atoms with Crippen LogP contribution in [0.5, 0.6) is 11.5 Å². The second-order valence-corrected chi connectivity index (χ2v) is 7.61. The maximum absolute atomic E-state index is 12.1. The number of carbonyl (C=O) groups is 3. The average Bonchev–Trinajstić information content (AvgIpc) is 3.29. The molecule has 2 aromatic carbocycles. The lowest BCUT2D eigenvalue weighted by molar-refractivity contribution is -0.147. The molecule has 0 spiro atoms. The summed E-state index contributed by atoms with van der Waals surface area (Å²) in [5, 5.41) is 7.16. The number of amides is 2. The van der Waals surface area contributed by atoms with Crippen LogP contribution in [0.3, 0.4) is 0 Å². The quantitative estimate of drug-likeness (QED) is 0.439. The van der Waals surface area contributed by atoms with Crippen molar-refractivity contribution in [2.24, 2.45) is 0 Å². The molecule has 1 aromatic heterocycles. The van der Waals surface area contributed by atoms with Crippen molar-refractivity contribution >= 4 is 34.3 Å².